The highest BCUT2D eigenvalue weighted by molar-refractivity contribution is 7.99. The van der Waals surface area contributed by atoms with Crippen LogP contribution in [0.3, 0.4) is 0 Å². The first kappa shape index (κ1) is 11.9. The van der Waals surface area contributed by atoms with Crippen molar-refractivity contribution < 1.29 is 9.90 Å². The van der Waals surface area contributed by atoms with Gasteiger partial charge in [-0.25, -0.2) is 0 Å². The number of rotatable bonds is 5. The maximum Gasteiger partial charge on any atom is 0.303 e. The Labute approximate surface area is 93.7 Å². The van der Waals surface area contributed by atoms with Crippen LogP contribution in [0.25, 0.3) is 0 Å². The molecule has 3 N–H and O–H groups in total. The third-order valence-corrected chi connectivity index (χ3v) is 3.25. The lowest BCUT2D eigenvalue weighted by atomic mass is 10.2. The fourth-order valence-electron chi connectivity index (χ4n) is 1.24. The van der Waals surface area contributed by atoms with E-state index < -0.39 is 5.97 Å². The van der Waals surface area contributed by atoms with Crippen LogP contribution in [0.1, 0.15) is 18.4 Å². The Balaban J connectivity index is 2.40. The summed E-state index contributed by atoms with van der Waals surface area (Å²) in [6.45, 7) is 2.01. The van der Waals surface area contributed by atoms with Crippen LogP contribution < -0.4 is 5.73 Å². The quantitative estimate of drug-likeness (QED) is 0.459. The molecular formula is C11H15NO2S. The molecule has 0 bridgehead atoms. The van der Waals surface area contributed by atoms with Crippen LogP contribution in [0.4, 0.5) is 5.69 Å². The van der Waals surface area contributed by atoms with Crippen LogP contribution in [-0.2, 0) is 4.79 Å². The number of carbonyl (C=O) groups is 1. The molecular weight excluding hydrogens is 210 g/mol. The smallest absolute Gasteiger partial charge is 0.303 e. The van der Waals surface area contributed by atoms with Crippen LogP contribution in [0, 0.1) is 6.92 Å². The highest BCUT2D eigenvalue weighted by Gasteiger charge is 2.01. The minimum Gasteiger partial charge on any atom is -0.481 e. The summed E-state index contributed by atoms with van der Waals surface area (Å²) in [5, 5.41) is 8.48. The molecule has 0 atom stereocenters. The predicted octanol–water partition coefficient (Wildman–Crippen LogP) is 2.53. The maximum atomic E-state index is 10.3. The van der Waals surface area contributed by atoms with E-state index in [-0.39, 0.29) is 6.42 Å². The number of nitrogen functional groups attached to an aromatic ring is 1. The van der Waals surface area contributed by atoms with E-state index in [1.54, 1.807) is 11.8 Å². The van der Waals surface area contributed by atoms with Crippen LogP contribution >= 0.6 is 11.8 Å². The second-order valence-corrected chi connectivity index (χ2v) is 4.51. The van der Waals surface area contributed by atoms with Gasteiger partial charge in [0.15, 0.2) is 0 Å². The normalized spacial score (nSPS) is 10.2. The SMILES string of the molecule is Cc1cc(N)ccc1SCCCC(=O)O. The van der Waals surface area contributed by atoms with E-state index in [4.69, 9.17) is 10.8 Å². The summed E-state index contributed by atoms with van der Waals surface area (Å²) < 4.78 is 0. The number of carboxylic acid groups (broad SMARTS) is 1. The average Bonchev–Trinajstić information content (AvgIpc) is 2.14. The lowest BCUT2D eigenvalue weighted by Gasteiger charge is -2.05. The molecule has 1 aromatic rings. The number of nitrogens with two attached hydrogens (primary N) is 1. The highest BCUT2D eigenvalue weighted by atomic mass is 32.2. The molecule has 0 aliphatic rings. The number of carboxylic acids is 1. The maximum absolute atomic E-state index is 10.3. The molecule has 0 saturated heterocycles. The summed E-state index contributed by atoms with van der Waals surface area (Å²) in [4.78, 5) is 11.5. The number of aliphatic carboxylic acids is 1. The molecule has 0 unspecified atom stereocenters. The van der Waals surface area contributed by atoms with Gasteiger partial charge in [-0.3, -0.25) is 4.79 Å². The van der Waals surface area contributed by atoms with Crippen molar-refractivity contribution in [3.63, 3.8) is 0 Å². The number of anilines is 1. The summed E-state index contributed by atoms with van der Waals surface area (Å²) in [7, 11) is 0. The van der Waals surface area contributed by atoms with E-state index in [1.165, 1.54) is 4.90 Å². The molecule has 0 aromatic heterocycles. The van der Waals surface area contributed by atoms with Crippen molar-refractivity contribution in [1.82, 2.24) is 0 Å². The van der Waals surface area contributed by atoms with Gasteiger partial charge >= 0.3 is 5.97 Å². The van der Waals surface area contributed by atoms with Gasteiger partial charge < -0.3 is 10.8 Å². The van der Waals surface area contributed by atoms with Gasteiger partial charge in [-0.1, -0.05) is 0 Å². The molecule has 15 heavy (non-hydrogen) atoms. The number of hydrogen-bond donors (Lipinski definition) is 2. The van der Waals surface area contributed by atoms with Gasteiger partial charge in [-0.2, -0.15) is 0 Å². The monoisotopic (exact) mass is 225 g/mol. The average molecular weight is 225 g/mol. The first-order chi connectivity index (χ1) is 7.09. The standard InChI is InChI=1S/C11H15NO2S/c1-8-7-9(12)4-5-10(8)15-6-2-3-11(13)14/h4-5,7H,2-3,6,12H2,1H3,(H,13,14). The Hall–Kier alpha value is -1.16. The molecule has 0 aliphatic carbocycles. The predicted molar refractivity (Wildman–Crippen MR) is 63.2 cm³/mol. The van der Waals surface area contributed by atoms with Crippen molar-refractivity contribution in [2.75, 3.05) is 11.5 Å². The molecule has 0 radical (unpaired) electrons. The number of aryl methyl sites for hydroxylation is 1. The number of hydrogen-bond acceptors (Lipinski definition) is 3. The Bertz CT molecular complexity index is 352. The van der Waals surface area contributed by atoms with E-state index in [0.29, 0.717) is 6.42 Å². The fourth-order valence-corrected chi connectivity index (χ4v) is 2.20. The second-order valence-electron chi connectivity index (χ2n) is 3.37. The van der Waals surface area contributed by atoms with Crippen molar-refractivity contribution in [1.29, 1.82) is 0 Å². The molecule has 0 fully saturated rings. The van der Waals surface area contributed by atoms with Crippen molar-refractivity contribution in [3.05, 3.63) is 23.8 Å². The van der Waals surface area contributed by atoms with Crippen LogP contribution in [0.2, 0.25) is 0 Å². The van der Waals surface area contributed by atoms with Gasteiger partial charge in [0.1, 0.15) is 0 Å². The number of benzene rings is 1. The molecule has 0 amide bonds. The molecule has 1 rings (SSSR count). The molecule has 1 aromatic carbocycles. The van der Waals surface area contributed by atoms with E-state index in [9.17, 15) is 4.79 Å². The van der Waals surface area contributed by atoms with Crippen molar-refractivity contribution in [2.45, 2.75) is 24.7 Å². The number of thioether (sulfide) groups is 1. The van der Waals surface area contributed by atoms with Crippen molar-refractivity contribution in [2.24, 2.45) is 0 Å². The molecule has 0 saturated carbocycles. The summed E-state index contributed by atoms with van der Waals surface area (Å²) >= 11 is 1.68. The Morgan fingerprint density at radius 3 is 2.87 bits per heavy atom. The first-order valence-corrected chi connectivity index (χ1v) is 5.79. The molecule has 0 heterocycles. The fraction of sp³-hybridized carbons (Fsp3) is 0.364. The third-order valence-electron chi connectivity index (χ3n) is 1.99. The zero-order valence-electron chi connectivity index (χ0n) is 8.69. The summed E-state index contributed by atoms with van der Waals surface area (Å²) in [6.07, 6.45) is 0.935. The topological polar surface area (TPSA) is 63.3 Å². The molecule has 0 spiro atoms. The van der Waals surface area contributed by atoms with E-state index >= 15 is 0 Å². The first-order valence-electron chi connectivity index (χ1n) is 4.80. The molecule has 82 valence electrons. The second kappa shape index (κ2) is 5.66. The molecule has 4 heteroatoms. The summed E-state index contributed by atoms with van der Waals surface area (Å²) in [5.74, 6) is 0.0986. The largest absolute Gasteiger partial charge is 0.481 e. The van der Waals surface area contributed by atoms with E-state index in [1.807, 2.05) is 25.1 Å². The Morgan fingerprint density at radius 2 is 2.27 bits per heavy atom. The van der Waals surface area contributed by atoms with Crippen LogP contribution in [0.5, 0.6) is 0 Å². The lowest BCUT2D eigenvalue weighted by molar-refractivity contribution is -0.137. The van der Waals surface area contributed by atoms with Gasteiger partial charge in [0.2, 0.25) is 0 Å². The molecule has 0 aliphatic heterocycles. The summed E-state index contributed by atoms with van der Waals surface area (Å²) in [5.41, 5.74) is 7.55. The minimum absolute atomic E-state index is 0.237. The van der Waals surface area contributed by atoms with Gasteiger partial charge in [0, 0.05) is 17.0 Å². The Kier molecular flexibility index (Phi) is 4.49. The Morgan fingerprint density at radius 1 is 1.53 bits per heavy atom. The zero-order valence-corrected chi connectivity index (χ0v) is 9.51. The van der Waals surface area contributed by atoms with E-state index in [0.717, 1.165) is 17.0 Å². The van der Waals surface area contributed by atoms with E-state index in [2.05, 4.69) is 0 Å². The van der Waals surface area contributed by atoms with Crippen LogP contribution in [0.15, 0.2) is 23.1 Å². The third kappa shape index (κ3) is 4.25. The summed E-state index contributed by atoms with van der Waals surface area (Å²) in [6, 6.07) is 5.78. The van der Waals surface area contributed by atoms with Crippen LogP contribution in [-0.4, -0.2) is 16.8 Å². The van der Waals surface area contributed by atoms with Crippen molar-refractivity contribution in [3.8, 4) is 0 Å². The minimum atomic E-state index is -0.732. The van der Waals surface area contributed by atoms with Gasteiger partial charge in [-0.15, -0.1) is 11.8 Å². The lowest BCUT2D eigenvalue weighted by Crippen LogP contribution is -1.95. The molecule has 3 nitrogen and oxygen atoms in total. The zero-order chi connectivity index (χ0) is 11.3. The van der Waals surface area contributed by atoms with Gasteiger partial charge in [0.05, 0.1) is 0 Å². The van der Waals surface area contributed by atoms with Gasteiger partial charge in [0.25, 0.3) is 0 Å². The van der Waals surface area contributed by atoms with Crippen molar-refractivity contribution >= 4 is 23.4 Å². The van der Waals surface area contributed by atoms with Gasteiger partial charge in [-0.05, 0) is 42.9 Å². The highest BCUT2D eigenvalue weighted by Crippen LogP contribution is 2.24.